The average molecular weight is 371 g/mol. The molecule has 2 N–H and O–H groups in total. The molecule has 0 unspecified atom stereocenters. The minimum atomic E-state index is -0.817. The first-order chi connectivity index (χ1) is 12.9. The SMILES string of the molecule is COC(=O)C1=C(Nc2cc(C#N)c(C#N)cc2[N+](=O)[O-])C(=O)N(CCO)C1. The number of anilines is 1. The lowest BCUT2D eigenvalue weighted by molar-refractivity contribution is -0.384. The third kappa shape index (κ3) is 3.68. The standard InChI is InChI=1S/C16H13N5O6/c1-27-16(24)11-8-20(2-3-22)15(23)14(11)19-12-4-9(6-17)10(7-18)5-13(12)21(25)26/h4-5,19,22H,2-3,8H2,1H3. The molecule has 11 heteroatoms. The number of ether oxygens (including phenoxy) is 1. The summed E-state index contributed by atoms with van der Waals surface area (Å²) in [6, 6.07) is 5.39. The Balaban J connectivity index is 2.57. The van der Waals surface area contributed by atoms with Crippen LogP contribution in [0.1, 0.15) is 11.1 Å². The molecule has 138 valence electrons. The molecule has 0 radical (unpaired) electrons. The first-order valence-electron chi connectivity index (χ1n) is 7.49. The van der Waals surface area contributed by atoms with Gasteiger partial charge in [-0.25, -0.2) is 4.79 Å². The third-order valence-corrected chi connectivity index (χ3v) is 3.79. The zero-order chi connectivity index (χ0) is 20.1. The highest BCUT2D eigenvalue weighted by Gasteiger charge is 2.35. The highest BCUT2D eigenvalue weighted by Crippen LogP contribution is 2.31. The topological polar surface area (TPSA) is 170 Å². The molecule has 0 spiro atoms. The van der Waals surface area contributed by atoms with Gasteiger partial charge in [0, 0.05) is 12.6 Å². The molecule has 0 atom stereocenters. The van der Waals surface area contributed by atoms with E-state index < -0.39 is 22.5 Å². The lowest BCUT2D eigenvalue weighted by atomic mass is 10.1. The van der Waals surface area contributed by atoms with Crippen LogP contribution in [0.4, 0.5) is 11.4 Å². The van der Waals surface area contributed by atoms with E-state index in [0.717, 1.165) is 24.1 Å². The molecule has 0 aromatic heterocycles. The van der Waals surface area contributed by atoms with Crippen LogP contribution in [0.25, 0.3) is 0 Å². The summed E-state index contributed by atoms with van der Waals surface area (Å²) >= 11 is 0. The Morgan fingerprint density at radius 2 is 2.04 bits per heavy atom. The normalized spacial score (nSPS) is 13.2. The van der Waals surface area contributed by atoms with Crippen LogP contribution in [-0.2, 0) is 14.3 Å². The molecule has 1 aliphatic heterocycles. The molecular weight excluding hydrogens is 358 g/mol. The fraction of sp³-hybridized carbons (Fsp3) is 0.250. The van der Waals surface area contributed by atoms with Gasteiger partial charge in [-0.1, -0.05) is 0 Å². The summed E-state index contributed by atoms with van der Waals surface area (Å²) in [5.41, 5.74) is -1.44. The molecule has 1 heterocycles. The van der Waals surface area contributed by atoms with Gasteiger partial charge in [0.15, 0.2) is 0 Å². The van der Waals surface area contributed by atoms with Crippen molar-refractivity contribution in [3.05, 3.63) is 44.6 Å². The number of hydrogen-bond acceptors (Lipinski definition) is 9. The zero-order valence-electron chi connectivity index (χ0n) is 14.1. The van der Waals surface area contributed by atoms with E-state index in [1.54, 1.807) is 12.1 Å². The number of β-amino-alcohol motifs (C(OH)–C–C–N with tert-alkyl or cyclic N) is 1. The van der Waals surface area contributed by atoms with E-state index in [2.05, 4.69) is 10.1 Å². The maximum Gasteiger partial charge on any atom is 0.337 e. The van der Waals surface area contributed by atoms with Gasteiger partial charge < -0.3 is 20.1 Å². The van der Waals surface area contributed by atoms with Crippen LogP contribution >= 0.6 is 0 Å². The molecule has 0 saturated carbocycles. The number of nitro benzene ring substituents is 1. The number of esters is 1. The predicted octanol–water partition coefficient (Wildman–Crippen LogP) is 0.0117. The first kappa shape index (κ1) is 19.4. The Morgan fingerprint density at radius 3 is 2.56 bits per heavy atom. The summed E-state index contributed by atoms with van der Waals surface area (Å²) in [5, 5.41) is 41.0. The number of hydrogen-bond donors (Lipinski definition) is 2. The van der Waals surface area contributed by atoms with Crippen LogP contribution in [0.15, 0.2) is 23.4 Å². The number of methoxy groups -OCH3 is 1. The van der Waals surface area contributed by atoms with Crippen LogP contribution in [-0.4, -0.2) is 53.6 Å². The third-order valence-electron chi connectivity index (χ3n) is 3.79. The number of carbonyl (C=O) groups excluding carboxylic acids is 2. The molecule has 1 aromatic carbocycles. The molecule has 11 nitrogen and oxygen atoms in total. The highest BCUT2D eigenvalue weighted by molar-refractivity contribution is 6.08. The number of nitrogens with one attached hydrogen (secondary N) is 1. The number of nitriles is 2. The first-order valence-corrected chi connectivity index (χ1v) is 7.49. The average Bonchev–Trinajstić information content (AvgIpc) is 2.96. The Labute approximate surface area is 152 Å². The predicted molar refractivity (Wildman–Crippen MR) is 88.9 cm³/mol. The van der Waals surface area contributed by atoms with Gasteiger partial charge in [-0.3, -0.25) is 14.9 Å². The van der Waals surface area contributed by atoms with E-state index in [1.165, 1.54) is 0 Å². The van der Waals surface area contributed by atoms with Crippen molar-refractivity contribution in [2.75, 3.05) is 32.1 Å². The molecule has 0 bridgehead atoms. The Hall–Kier alpha value is -3.96. The van der Waals surface area contributed by atoms with Crippen molar-refractivity contribution in [1.82, 2.24) is 4.90 Å². The van der Waals surface area contributed by atoms with Crippen molar-refractivity contribution < 1.29 is 24.4 Å². The quantitative estimate of drug-likeness (QED) is 0.397. The van der Waals surface area contributed by atoms with Crippen LogP contribution in [0, 0.1) is 32.8 Å². The summed E-state index contributed by atoms with van der Waals surface area (Å²) in [5.74, 6) is -1.48. The summed E-state index contributed by atoms with van der Waals surface area (Å²) in [6.45, 7) is -0.546. The van der Waals surface area contributed by atoms with Gasteiger partial charge in [-0.15, -0.1) is 0 Å². The van der Waals surface area contributed by atoms with Gasteiger partial charge in [0.2, 0.25) is 0 Å². The number of aliphatic hydroxyl groups excluding tert-OH is 1. The molecule has 1 amide bonds. The summed E-state index contributed by atoms with van der Waals surface area (Å²) in [7, 11) is 1.12. The van der Waals surface area contributed by atoms with Crippen molar-refractivity contribution >= 4 is 23.3 Å². The van der Waals surface area contributed by atoms with Crippen molar-refractivity contribution in [1.29, 1.82) is 10.5 Å². The summed E-state index contributed by atoms with van der Waals surface area (Å²) in [4.78, 5) is 36.1. The second kappa shape index (κ2) is 7.95. The van der Waals surface area contributed by atoms with Gasteiger partial charge in [-0.05, 0) is 6.07 Å². The number of nitrogens with zero attached hydrogens (tertiary/aromatic N) is 4. The fourth-order valence-electron chi connectivity index (χ4n) is 2.51. The van der Waals surface area contributed by atoms with Crippen LogP contribution in [0.3, 0.4) is 0 Å². The van der Waals surface area contributed by atoms with E-state index in [4.69, 9.17) is 15.6 Å². The van der Waals surface area contributed by atoms with Gasteiger partial charge in [0.05, 0.1) is 41.9 Å². The highest BCUT2D eigenvalue weighted by atomic mass is 16.6. The van der Waals surface area contributed by atoms with Crippen molar-refractivity contribution in [3.63, 3.8) is 0 Å². The van der Waals surface area contributed by atoms with Gasteiger partial charge in [0.1, 0.15) is 23.5 Å². The maximum absolute atomic E-state index is 12.5. The number of nitro groups is 1. The Kier molecular flexibility index (Phi) is 5.70. The monoisotopic (exact) mass is 371 g/mol. The van der Waals surface area contributed by atoms with Crippen molar-refractivity contribution in [2.45, 2.75) is 0 Å². The van der Waals surface area contributed by atoms with Gasteiger partial charge in [0.25, 0.3) is 11.6 Å². The van der Waals surface area contributed by atoms with E-state index in [-0.39, 0.29) is 47.8 Å². The Bertz CT molecular complexity index is 940. The molecule has 2 rings (SSSR count). The van der Waals surface area contributed by atoms with Crippen LogP contribution < -0.4 is 5.32 Å². The smallest absolute Gasteiger partial charge is 0.337 e. The van der Waals surface area contributed by atoms with Crippen molar-refractivity contribution in [3.8, 4) is 12.1 Å². The van der Waals surface area contributed by atoms with E-state index in [9.17, 15) is 19.7 Å². The summed E-state index contributed by atoms with van der Waals surface area (Å²) < 4.78 is 4.63. The number of aliphatic hydroxyl groups is 1. The lowest BCUT2D eigenvalue weighted by Crippen LogP contribution is -2.31. The second-order valence-corrected chi connectivity index (χ2v) is 5.32. The number of carbonyl (C=O) groups is 2. The van der Waals surface area contributed by atoms with Crippen LogP contribution in [0.5, 0.6) is 0 Å². The fourth-order valence-corrected chi connectivity index (χ4v) is 2.51. The number of amides is 1. The van der Waals surface area contributed by atoms with E-state index in [0.29, 0.717) is 0 Å². The lowest BCUT2D eigenvalue weighted by Gasteiger charge is -2.15. The number of benzene rings is 1. The van der Waals surface area contributed by atoms with Crippen LogP contribution in [0.2, 0.25) is 0 Å². The van der Waals surface area contributed by atoms with Crippen molar-refractivity contribution in [2.24, 2.45) is 0 Å². The summed E-state index contributed by atoms with van der Waals surface area (Å²) in [6.07, 6.45) is 0. The van der Waals surface area contributed by atoms with Gasteiger partial charge in [-0.2, -0.15) is 10.5 Å². The number of rotatable bonds is 6. The minimum absolute atomic E-state index is 0.0522. The largest absolute Gasteiger partial charge is 0.466 e. The molecule has 0 fully saturated rings. The molecule has 1 aromatic rings. The minimum Gasteiger partial charge on any atom is -0.466 e. The second-order valence-electron chi connectivity index (χ2n) is 5.32. The molecular formula is C16H13N5O6. The molecule has 27 heavy (non-hydrogen) atoms. The molecule has 0 aliphatic carbocycles. The molecule has 0 saturated heterocycles. The van der Waals surface area contributed by atoms with Gasteiger partial charge >= 0.3 is 5.97 Å². The zero-order valence-corrected chi connectivity index (χ0v) is 14.1. The van der Waals surface area contributed by atoms with E-state index >= 15 is 0 Å². The molecule has 1 aliphatic rings. The Morgan fingerprint density at radius 1 is 1.41 bits per heavy atom. The van der Waals surface area contributed by atoms with E-state index in [1.807, 2.05) is 0 Å². The maximum atomic E-state index is 12.5.